The maximum atomic E-state index is 13.8. The number of hydrogen-bond donors (Lipinski definition) is 1. The van der Waals surface area contributed by atoms with Gasteiger partial charge in [0.25, 0.3) is 5.91 Å². The minimum atomic E-state index is -0.224. The normalized spacial score (nSPS) is 22.5. The first kappa shape index (κ1) is 31.6. The molecule has 1 N–H and O–H groups in total. The van der Waals surface area contributed by atoms with Crippen molar-refractivity contribution in [1.82, 2.24) is 15.1 Å². The lowest BCUT2D eigenvalue weighted by Gasteiger charge is -2.32. The van der Waals surface area contributed by atoms with Crippen molar-refractivity contribution in [3.8, 4) is 5.75 Å². The van der Waals surface area contributed by atoms with Gasteiger partial charge >= 0.3 is 6.09 Å². The highest BCUT2D eigenvalue weighted by Gasteiger charge is 2.37. The lowest BCUT2D eigenvalue weighted by Crippen LogP contribution is -2.44. The Kier molecular flexibility index (Phi) is 12.1. The van der Waals surface area contributed by atoms with Gasteiger partial charge in [-0.15, -0.1) is 0 Å². The van der Waals surface area contributed by atoms with E-state index in [2.05, 4.69) is 26.1 Å². The van der Waals surface area contributed by atoms with Gasteiger partial charge in [-0.1, -0.05) is 13.0 Å². The van der Waals surface area contributed by atoms with Crippen LogP contribution in [0.1, 0.15) is 75.2 Å². The first-order valence-corrected chi connectivity index (χ1v) is 15.7. The van der Waals surface area contributed by atoms with Crippen LogP contribution in [0.15, 0.2) is 18.2 Å². The van der Waals surface area contributed by atoms with Crippen LogP contribution in [0.25, 0.3) is 0 Å². The van der Waals surface area contributed by atoms with Crippen LogP contribution in [0.5, 0.6) is 5.75 Å². The maximum Gasteiger partial charge on any atom is 0.410 e. The number of nitrogens with zero attached hydrogens (tertiary/aromatic N) is 2. The number of rotatable bonds is 15. The van der Waals surface area contributed by atoms with Crippen molar-refractivity contribution in [3.63, 3.8) is 0 Å². The van der Waals surface area contributed by atoms with Gasteiger partial charge in [-0.2, -0.15) is 0 Å². The summed E-state index contributed by atoms with van der Waals surface area (Å²) in [6, 6.07) is 6.11. The summed E-state index contributed by atoms with van der Waals surface area (Å²) in [5, 5.41) is 3.46. The highest BCUT2D eigenvalue weighted by molar-refractivity contribution is 5.95. The zero-order valence-corrected chi connectivity index (χ0v) is 25.6. The number of aryl methyl sites for hydroxylation is 1. The Balaban J connectivity index is 1.35. The topological polar surface area (TPSA) is 89.6 Å². The number of nitrogens with one attached hydrogen (secondary N) is 1. The van der Waals surface area contributed by atoms with Gasteiger partial charge in [-0.25, -0.2) is 4.79 Å². The number of methoxy groups -OCH3 is 1. The van der Waals surface area contributed by atoms with Crippen molar-refractivity contribution in [3.05, 3.63) is 29.3 Å². The van der Waals surface area contributed by atoms with Crippen LogP contribution in [-0.2, 0) is 20.6 Å². The van der Waals surface area contributed by atoms with E-state index in [1.54, 1.807) is 7.11 Å². The van der Waals surface area contributed by atoms with E-state index in [-0.39, 0.29) is 42.0 Å². The standard InChI is InChI=1S/C32H51N3O6/c1-5-24-10-11-25(17-30(24)40-16-8-14-38-4)31(36)34(23(2)3)20-26-18-33-19-27(26)22-41-32(37)35(28-12-13-28)21-29-9-6-7-15-39-29/h10-11,17,23,26-29,33H,5-9,12-16,18-22H2,1-4H3/t26-,27-,29?/m0/s1. The predicted octanol–water partition coefficient (Wildman–Crippen LogP) is 4.52. The smallest absolute Gasteiger partial charge is 0.410 e. The van der Waals surface area contributed by atoms with E-state index < -0.39 is 0 Å². The van der Waals surface area contributed by atoms with E-state index in [1.807, 2.05) is 28.0 Å². The van der Waals surface area contributed by atoms with Crippen LogP contribution in [-0.4, -0.2) is 99.7 Å². The van der Waals surface area contributed by atoms with Crippen LogP contribution in [0.3, 0.4) is 0 Å². The number of carbonyl (C=O) groups is 2. The summed E-state index contributed by atoms with van der Waals surface area (Å²) in [5.74, 6) is 1.12. The Labute approximate surface area is 246 Å². The van der Waals surface area contributed by atoms with Crippen LogP contribution in [0, 0.1) is 11.8 Å². The van der Waals surface area contributed by atoms with Crippen LogP contribution < -0.4 is 10.1 Å². The van der Waals surface area contributed by atoms with E-state index in [0.717, 1.165) is 76.0 Å². The molecule has 2 saturated heterocycles. The lowest BCUT2D eigenvalue weighted by molar-refractivity contribution is -0.00978. The summed E-state index contributed by atoms with van der Waals surface area (Å²) in [5.41, 5.74) is 1.73. The third kappa shape index (κ3) is 9.06. The summed E-state index contributed by atoms with van der Waals surface area (Å²) in [7, 11) is 1.68. The molecule has 0 spiro atoms. The quantitative estimate of drug-likeness (QED) is 0.309. The van der Waals surface area contributed by atoms with Gasteiger partial charge in [0.2, 0.25) is 0 Å². The van der Waals surface area contributed by atoms with Gasteiger partial charge < -0.3 is 34.1 Å². The largest absolute Gasteiger partial charge is 0.493 e. The van der Waals surface area contributed by atoms with Crippen LogP contribution >= 0.6 is 0 Å². The summed E-state index contributed by atoms with van der Waals surface area (Å²) in [6.07, 6.45) is 6.87. The van der Waals surface area contributed by atoms with E-state index in [1.165, 1.54) is 0 Å². The van der Waals surface area contributed by atoms with Gasteiger partial charge in [0.05, 0.1) is 25.9 Å². The zero-order chi connectivity index (χ0) is 29.2. The summed E-state index contributed by atoms with van der Waals surface area (Å²) in [6.45, 7) is 11.3. The number of ether oxygens (including phenoxy) is 4. The molecule has 1 aromatic carbocycles. The maximum absolute atomic E-state index is 13.8. The molecule has 1 unspecified atom stereocenters. The summed E-state index contributed by atoms with van der Waals surface area (Å²) >= 11 is 0. The van der Waals surface area contributed by atoms with Gasteiger partial charge in [0, 0.05) is 69.9 Å². The van der Waals surface area contributed by atoms with Crippen LogP contribution in [0.4, 0.5) is 4.79 Å². The Morgan fingerprint density at radius 3 is 2.56 bits per heavy atom. The van der Waals surface area contributed by atoms with E-state index >= 15 is 0 Å². The Hall–Kier alpha value is -2.36. The fraction of sp³-hybridized carbons (Fsp3) is 0.750. The van der Waals surface area contributed by atoms with E-state index in [0.29, 0.717) is 38.5 Å². The summed E-state index contributed by atoms with van der Waals surface area (Å²) < 4.78 is 23.0. The Morgan fingerprint density at radius 2 is 1.88 bits per heavy atom. The fourth-order valence-corrected chi connectivity index (χ4v) is 5.83. The van der Waals surface area contributed by atoms with Crippen molar-refractivity contribution in [2.24, 2.45) is 11.8 Å². The summed E-state index contributed by atoms with van der Waals surface area (Å²) in [4.78, 5) is 30.7. The number of amides is 2. The first-order valence-electron chi connectivity index (χ1n) is 15.7. The van der Waals surface area contributed by atoms with Gasteiger partial charge in [-0.05, 0) is 76.0 Å². The van der Waals surface area contributed by atoms with Gasteiger partial charge in [-0.3, -0.25) is 4.79 Å². The molecule has 1 aromatic rings. The molecule has 230 valence electrons. The number of carbonyl (C=O) groups excluding carboxylic acids is 2. The average Bonchev–Trinajstić information content (AvgIpc) is 3.73. The van der Waals surface area contributed by atoms with Gasteiger partial charge in [0.1, 0.15) is 5.75 Å². The van der Waals surface area contributed by atoms with E-state index in [4.69, 9.17) is 18.9 Å². The lowest BCUT2D eigenvalue weighted by atomic mass is 9.95. The molecule has 2 amide bonds. The first-order chi connectivity index (χ1) is 19.9. The molecule has 3 fully saturated rings. The van der Waals surface area contributed by atoms with Crippen molar-refractivity contribution < 1.29 is 28.5 Å². The van der Waals surface area contributed by atoms with E-state index in [9.17, 15) is 9.59 Å². The molecular formula is C32H51N3O6. The molecule has 0 bridgehead atoms. The Morgan fingerprint density at radius 1 is 1.07 bits per heavy atom. The molecule has 1 saturated carbocycles. The molecule has 9 heteroatoms. The van der Waals surface area contributed by atoms with Crippen molar-refractivity contribution >= 4 is 12.0 Å². The molecular weight excluding hydrogens is 522 g/mol. The highest BCUT2D eigenvalue weighted by Crippen LogP contribution is 2.30. The SMILES string of the molecule is CCc1ccc(C(=O)N(C[C@@H]2CNC[C@H]2COC(=O)N(CC2CCCCO2)C2CC2)C(C)C)cc1OCCCOC. The molecule has 3 atom stereocenters. The highest BCUT2D eigenvalue weighted by atomic mass is 16.6. The molecule has 9 nitrogen and oxygen atoms in total. The fourth-order valence-electron chi connectivity index (χ4n) is 5.83. The molecule has 3 aliphatic rings. The van der Waals surface area contributed by atoms with Crippen molar-refractivity contribution in [2.75, 3.05) is 59.7 Å². The predicted molar refractivity (Wildman–Crippen MR) is 158 cm³/mol. The molecule has 2 aliphatic heterocycles. The number of hydrogen-bond acceptors (Lipinski definition) is 7. The molecule has 0 radical (unpaired) electrons. The Bertz CT molecular complexity index is 978. The van der Waals surface area contributed by atoms with Crippen molar-refractivity contribution in [2.45, 2.75) is 83.9 Å². The number of benzene rings is 1. The zero-order valence-electron chi connectivity index (χ0n) is 25.6. The van der Waals surface area contributed by atoms with Gasteiger partial charge in [0.15, 0.2) is 0 Å². The molecule has 1 aliphatic carbocycles. The third-order valence-corrected chi connectivity index (χ3v) is 8.56. The minimum Gasteiger partial charge on any atom is -0.493 e. The molecule has 41 heavy (non-hydrogen) atoms. The molecule has 0 aromatic heterocycles. The monoisotopic (exact) mass is 573 g/mol. The second kappa shape index (κ2) is 15.8. The second-order valence-corrected chi connectivity index (χ2v) is 12.0. The molecule has 4 rings (SSSR count). The van der Waals surface area contributed by atoms with Crippen LogP contribution in [0.2, 0.25) is 0 Å². The second-order valence-electron chi connectivity index (χ2n) is 12.0. The third-order valence-electron chi connectivity index (χ3n) is 8.56. The minimum absolute atomic E-state index is 0.000528. The average molecular weight is 574 g/mol. The molecule has 2 heterocycles. The van der Waals surface area contributed by atoms with Crippen molar-refractivity contribution in [1.29, 1.82) is 0 Å².